The maximum atomic E-state index is 12.9. The van der Waals surface area contributed by atoms with E-state index in [2.05, 4.69) is 5.32 Å². The van der Waals surface area contributed by atoms with Crippen LogP contribution in [0, 0.1) is 5.82 Å². The van der Waals surface area contributed by atoms with Crippen LogP contribution in [0.5, 0.6) is 17.2 Å². The number of carbonyl (C=O) groups excluding carboxylic acids is 1. The third-order valence-corrected chi connectivity index (χ3v) is 3.03. The first kappa shape index (κ1) is 15.6. The average Bonchev–Trinajstić information content (AvgIpc) is 2.54. The SMILES string of the molecule is COc1cc(NC(=O)c2ccc(F)cc2)cc(OC)c1OC. The van der Waals surface area contributed by atoms with Crippen molar-refractivity contribution in [2.45, 2.75) is 0 Å². The Hall–Kier alpha value is -2.76. The van der Waals surface area contributed by atoms with Gasteiger partial charge in [-0.2, -0.15) is 0 Å². The molecule has 0 bridgehead atoms. The minimum Gasteiger partial charge on any atom is -0.493 e. The normalized spacial score (nSPS) is 10.0. The largest absolute Gasteiger partial charge is 0.493 e. The fraction of sp³-hybridized carbons (Fsp3) is 0.188. The van der Waals surface area contributed by atoms with Crippen molar-refractivity contribution in [2.24, 2.45) is 0 Å². The predicted octanol–water partition coefficient (Wildman–Crippen LogP) is 3.10. The number of anilines is 1. The van der Waals surface area contributed by atoms with Gasteiger partial charge in [0, 0.05) is 23.4 Å². The molecule has 2 rings (SSSR count). The molecule has 0 fully saturated rings. The van der Waals surface area contributed by atoms with Crippen molar-refractivity contribution in [1.29, 1.82) is 0 Å². The van der Waals surface area contributed by atoms with Gasteiger partial charge in [0.2, 0.25) is 5.75 Å². The fourth-order valence-corrected chi connectivity index (χ4v) is 1.96. The van der Waals surface area contributed by atoms with Crippen molar-refractivity contribution >= 4 is 11.6 Å². The van der Waals surface area contributed by atoms with E-state index in [-0.39, 0.29) is 5.91 Å². The molecule has 0 spiro atoms. The summed E-state index contributed by atoms with van der Waals surface area (Å²) in [5.74, 6) is 0.524. The van der Waals surface area contributed by atoms with Gasteiger partial charge >= 0.3 is 0 Å². The van der Waals surface area contributed by atoms with Crippen molar-refractivity contribution in [1.82, 2.24) is 0 Å². The quantitative estimate of drug-likeness (QED) is 0.922. The first-order valence-corrected chi connectivity index (χ1v) is 6.46. The zero-order chi connectivity index (χ0) is 16.1. The summed E-state index contributed by atoms with van der Waals surface area (Å²) in [4.78, 5) is 12.1. The standard InChI is InChI=1S/C16H16FNO4/c1-20-13-8-12(9-14(21-2)15(13)22-3)18-16(19)10-4-6-11(17)7-5-10/h4-9H,1-3H3,(H,18,19). The van der Waals surface area contributed by atoms with Crippen molar-refractivity contribution in [3.8, 4) is 17.2 Å². The van der Waals surface area contributed by atoms with Crippen LogP contribution in [-0.2, 0) is 0 Å². The topological polar surface area (TPSA) is 56.8 Å². The van der Waals surface area contributed by atoms with E-state index in [9.17, 15) is 9.18 Å². The molecule has 0 radical (unpaired) electrons. The number of amides is 1. The number of ether oxygens (including phenoxy) is 3. The number of hydrogen-bond donors (Lipinski definition) is 1. The van der Waals surface area contributed by atoms with Gasteiger partial charge in [0.1, 0.15) is 5.82 Å². The van der Waals surface area contributed by atoms with Crippen LogP contribution in [0.2, 0.25) is 0 Å². The van der Waals surface area contributed by atoms with Gasteiger partial charge in [-0.3, -0.25) is 4.79 Å². The van der Waals surface area contributed by atoms with E-state index in [0.717, 1.165) is 0 Å². The van der Waals surface area contributed by atoms with Gasteiger partial charge in [0.05, 0.1) is 21.3 Å². The molecule has 1 N–H and O–H groups in total. The van der Waals surface area contributed by atoms with E-state index >= 15 is 0 Å². The molecule has 22 heavy (non-hydrogen) atoms. The number of hydrogen-bond acceptors (Lipinski definition) is 4. The second-order valence-corrected chi connectivity index (χ2v) is 4.38. The van der Waals surface area contributed by atoms with Crippen LogP contribution in [0.3, 0.4) is 0 Å². The van der Waals surface area contributed by atoms with Crippen LogP contribution in [0.1, 0.15) is 10.4 Å². The predicted molar refractivity (Wildman–Crippen MR) is 80.5 cm³/mol. The lowest BCUT2D eigenvalue weighted by Gasteiger charge is -2.14. The molecule has 2 aromatic carbocycles. The summed E-state index contributed by atoms with van der Waals surface area (Å²) in [6.07, 6.45) is 0. The number of rotatable bonds is 5. The molecule has 6 heteroatoms. The zero-order valence-electron chi connectivity index (χ0n) is 12.5. The van der Waals surface area contributed by atoms with Crippen LogP contribution >= 0.6 is 0 Å². The molecular formula is C16H16FNO4. The van der Waals surface area contributed by atoms with E-state index < -0.39 is 5.82 Å². The molecule has 0 aliphatic carbocycles. The van der Waals surface area contributed by atoms with Crippen LogP contribution in [0.4, 0.5) is 10.1 Å². The lowest BCUT2D eigenvalue weighted by molar-refractivity contribution is 0.102. The molecule has 0 aromatic heterocycles. The van der Waals surface area contributed by atoms with Gasteiger partial charge in [-0.25, -0.2) is 4.39 Å². The number of benzene rings is 2. The number of nitrogens with one attached hydrogen (secondary N) is 1. The summed E-state index contributed by atoms with van der Waals surface area (Å²) in [7, 11) is 4.48. The summed E-state index contributed by atoms with van der Waals surface area (Å²) in [6.45, 7) is 0. The summed E-state index contributed by atoms with van der Waals surface area (Å²) in [5, 5.41) is 2.70. The highest BCUT2D eigenvalue weighted by atomic mass is 19.1. The van der Waals surface area contributed by atoms with Crippen LogP contribution in [0.15, 0.2) is 36.4 Å². The second-order valence-electron chi connectivity index (χ2n) is 4.38. The Morgan fingerprint density at radius 1 is 0.955 bits per heavy atom. The molecule has 116 valence electrons. The van der Waals surface area contributed by atoms with E-state index in [1.807, 2.05) is 0 Å². The molecule has 1 amide bonds. The Morgan fingerprint density at radius 2 is 1.50 bits per heavy atom. The number of carbonyl (C=O) groups is 1. The summed E-state index contributed by atoms with van der Waals surface area (Å²) in [5.41, 5.74) is 0.818. The Labute approximate surface area is 127 Å². The molecule has 0 saturated carbocycles. The first-order chi connectivity index (χ1) is 10.6. The minimum atomic E-state index is -0.399. The molecule has 0 unspecified atom stereocenters. The van der Waals surface area contributed by atoms with Crippen LogP contribution < -0.4 is 19.5 Å². The van der Waals surface area contributed by atoms with E-state index in [1.54, 1.807) is 12.1 Å². The third-order valence-electron chi connectivity index (χ3n) is 3.03. The molecule has 2 aromatic rings. The van der Waals surface area contributed by atoms with Crippen LogP contribution in [0.25, 0.3) is 0 Å². The maximum Gasteiger partial charge on any atom is 0.255 e. The average molecular weight is 305 g/mol. The number of halogens is 1. The number of methoxy groups -OCH3 is 3. The molecule has 5 nitrogen and oxygen atoms in total. The van der Waals surface area contributed by atoms with Crippen LogP contribution in [-0.4, -0.2) is 27.2 Å². The summed E-state index contributed by atoms with van der Waals surface area (Å²) < 4.78 is 28.5. The van der Waals surface area contributed by atoms with Gasteiger partial charge in [-0.15, -0.1) is 0 Å². The fourth-order valence-electron chi connectivity index (χ4n) is 1.96. The minimum absolute atomic E-state index is 0.343. The second kappa shape index (κ2) is 6.80. The monoisotopic (exact) mass is 305 g/mol. The van der Waals surface area contributed by atoms with E-state index in [1.165, 1.54) is 45.6 Å². The maximum absolute atomic E-state index is 12.9. The molecule has 0 saturated heterocycles. The van der Waals surface area contributed by atoms with Crippen molar-refractivity contribution in [3.05, 3.63) is 47.8 Å². The highest BCUT2D eigenvalue weighted by Crippen LogP contribution is 2.39. The van der Waals surface area contributed by atoms with Crippen molar-refractivity contribution in [2.75, 3.05) is 26.6 Å². The van der Waals surface area contributed by atoms with Crippen molar-refractivity contribution in [3.63, 3.8) is 0 Å². The Bertz CT molecular complexity index is 645. The summed E-state index contributed by atoms with van der Waals surface area (Å²) in [6, 6.07) is 8.49. The van der Waals surface area contributed by atoms with Gasteiger partial charge in [0.15, 0.2) is 11.5 Å². The zero-order valence-corrected chi connectivity index (χ0v) is 12.5. The summed E-state index contributed by atoms with van der Waals surface area (Å²) >= 11 is 0. The Kier molecular flexibility index (Phi) is 4.83. The molecule has 0 aliphatic heterocycles. The Balaban J connectivity index is 2.29. The molecule has 0 heterocycles. The third kappa shape index (κ3) is 3.28. The molecular weight excluding hydrogens is 289 g/mol. The van der Waals surface area contributed by atoms with Crippen molar-refractivity contribution < 1.29 is 23.4 Å². The van der Waals surface area contributed by atoms with Gasteiger partial charge in [0.25, 0.3) is 5.91 Å². The molecule has 0 aliphatic rings. The highest BCUT2D eigenvalue weighted by molar-refractivity contribution is 6.04. The molecule has 0 atom stereocenters. The van der Waals surface area contributed by atoms with Gasteiger partial charge < -0.3 is 19.5 Å². The van der Waals surface area contributed by atoms with Gasteiger partial charge in [-0.1, -0.05) is 0 Å². The smallest absolute Gasteiger partial charge is 0.255 e. The Morgan fingerprint density at radius 3 is 1.95 bits per heavy atom. The van der Waals surface area contributed by atoms with E-state index in [4.69, 9.17) is 14.2 Å². The van der Waals surface area contributed by atoms with E-state index in [0.29, 0.717) is 28.5 Å². The lowest BCUT2D eigenvalue weighted by atomic mass is 10.2. The lowest BCUT2D eigenvalue weighted by Crippen LogP contribution is -2.12. The highest BCUT2D eigenvalue weighted by Gasteiger charge is 2.15. The van der Waals surface area contributed by atoms with Gasteiger partial charge in [-0.05, 0) is 24.3 Å². The first-order valence-electron chi connectivity index (χ1n) is 6.46.